The maximum Gasteiger partial charge on any atom is 0.276 e. The summed E-state index contributed by atoms with van der Waals surface area (Å²) < 4.78 is 6.74. The zero-order valence-corrected chi connectivity index (χ0v) is 8.51. The molecular weight excluding hydrogens is 214 g/mol. The van der Waals surface area contributed by atoms with E-state index in [-0.39, 0.29) is 31.5 Å². The van der Waals surface area contributed by atoms with Crippen LogP contribution in [0, 0.1) is 0 Å². The number of aromatic nitrogens is 2. The van der Waals surface area contributed by atoms with Gasteiger partial charge in [0.15, 0.2) is 12.0 Å². The lowest BCUT2D eigenvalue weighted by Crippen LogP contribution is -2.51. The van der Waals surface area contributed by atoms with Crippen LogP contribution in [0.3, 0.4) is 0 Å². The van der Waals surface area contributed by atoms with Gasteiger partial charge in [0.2, 0.25) is 0 Å². The third-order valence-electron chi connectivity index (χ3n) is 2.10. The fourth-order valence-electron chi connectivity index (χ4n) is 1.42. The molecule has 0 saturated heterocycles. The molecule has 8 heteroatoms. The number of nitrogens with two attached hydrogens (primary N) is 1. The third-order valence-corrected chi connectivity index (χ3v) is 2.10. The number of carbonyl (C=O) groups is 1. The fourth-order valence-corrected chi connectivity index (χ4v) is 1.42. The Morgan fingerprint density at radius 3 is 3.19 bits per heavy atom. The molecule has 1 atom stereocenters. The number of hydrogen-bond acceptors (Lipinski definition) is 6. The minimum Gasteiger partial charge on any atom is -0.394 e. The van der Waals surface area contributed by atoms with E-state index in [0.29, 0.717) is 5.82 Å². The lowest BCUT2D eigenvalue weighted by molar-refractivity contribution is 0.0489. The van der Waals surface area contributed by atoms with Gasteiger partial charge in [-0.3, -0.25) is 15.1 Å². The van der Waals surface area contributed by atoms with Crippen molar-refractivity contribution in [2.75, 3.05) is 18.5 Å². The number of carbonyl (C=O) groups excluding carboxylic acids is 1. The van der Waals surface area contributed by atoms with Gasteiger partial charge in [0.05, 0.1) is 19.5 Å². The van der Waals surface area contributed by atoms with Crippen LogP contribution in [0.4, 0.5) is 5.82 Å². The zero-order valence-electron chi connectivity index (χ0n) is 8.51. The molecule has 88 valence electrons. The predicted octanol–water partition coefficient (Wildman–Crippen LogP) is -1.75. The number of imidazole rings is 1. The molecule has 16 heavy (non-hydrogen) atoms. The second-order valence-electron chi connectivity index (χ2n) is 3.27. The number of fused-ring (bicyclic) bond motifs is 1. The highest BCUT2D eigenvalue weighted by molar-refractivity contribution is 5.98. The van der Waals surface area contributed by atoms with Crippen LogP contribution in [-0.2, 0) is 11.5 Å². The largest absolute Gasteiger partial charge is 0.394 e. The van der Waals surface area contributed by atoms with Crippen molar-refractivity contribution in [3.63, 3.8) is 0 Å². The topological polar surface area (TPSA) is 114 Å². The average molecular weight is 227 g/mol. The number of aliphatic hydroxyl groups excluding tert-OH is 1. The summed E-state index contributed by atoms with van der Waals surface area (Å²) in [4.78, 5) is 15.4. The number of amides is 1. The van der Waals surface area contributed by atoms with Gasteiger partial charge in [-0.2, -0.15) is 0 Å². The van der Waals surface area contributed by atoms with Crippen LogP contribution in [0.1, 0.15) is 10.5 Å². The van der Waals surface area contributed by atoms with Crippen molar-refractivity contribution < 1.29 is 14.6 Å². The molecule has 1 aromatic heterocycles. The van der Waals surface area contributed by atoms with Crippen LogP contribution in [-0.4, -0.2) is 40.1 Å². The third kappa shape index (κ3) is 1.98. The minimum atomic E-state index is -0.631. The molecule has 2 rings (SSSR count). The molecule has 0 aromatic carbocycles. The van der Waals surface area contributed by atoms with Gasteiger partial charge in [-0.1, -0.05) is 0 Å². The van der Waals surface area contributed by atoms with Crippen molar-refractivity contribution in [2.45, 2.75) is 13.0 Å². The van der Waals surface area contributed by atoms with Gasteiger partial charge in [-0.05, 0) is 0 Å². The Morgan fingerprint density at radius 1 is 1.62 bits per heavy atom. The first-order valence-corrected chi connectivity index (χ1v) is 4.79. The molecule has 5 N–H and O–H groups in total. The van der Waals surface area contributed by atoms with Gasteiger partial charge in [-0.25, -0.2) is 4.98 Å². The van der Waals surface area contributed by atoms with Crippen molar-refractivity contribution in [2.24, 2.45) is 5.73 Å². The smallest absolute Gasteiger partial charge is 0.276 e. The molecule has 8 nitrogen and oxygen atoms in total. The Labute approximate surface area is 91.4 Å². The Balaban J connectivity index is 2.13. The summed E-state index contributed by atoms with van der Waals surface area (Å²) in [6.07, 6.45) is 0.848. The van der Waals surface area contributed by atoms with Crippen molar-refractivity contribution >= 4 is 11.7 Å². The van der Waals surface area contributed by atoms with Crippen molar-refractivity contribution in [1.29, 1.82) is 0 Å². The van der Waals surface area contributed by atoms with E-state index in [0.717, 1.165) is 0 Å². The van der Waals surface area contributed by atoms with Gasteiger partial charge >= 0.3 is 0 Å². The summed E-state index contributed by atoms with van der Waals surface area (Å²) in [5.41, 5.74) is 5.84. The Kier molecular flexibility index (Phi) is 3.04. The molecule has 1 aromatic rings. The predicted molar refractivity (Wildman–Crippen MR) is 54.3 cm³/mol. The zero-order chi connectivity index (χ0) is 11.5. The standard InChI is InChI=1S/C8H13N5O3/c9-8-11-6-5(7(15)12-8)10-3-13(6)4-16-2-1-14/h3,8,11,14H,1-2,4,9H2,(H,12,15). The minimum absolute atomic E-state index is 0.0513. The van der Waals surface area contributed by atoms with E-state index in [9.17, 15) is 4.79 Å². The number of aliphatic hydroxyl groups is 1. The van der Waals surface area contributed by atoms with Gasteiger partial charge in [0, 0.05) is 0 Å². The van der Waals surface area contributed by atoms with Gasteiger partial charge in [0.1, 0.15) is 12.5 Å². The fraction of sp³-hybridized carbons (Fsp3) is 0.500. The molecular formula is C8H13N5O3. The lowest BCUT2D eigenvalue weighted by atomic mass is 10.3. The Hall–Kier alpha value is -1.64. The van der Waals surface area contributed by atoms with Gasteiger partial charge in [-0.15, -0.1) is 0 Å². The molecule has 2 heterocycles. The number of hydrogen-bond donors (Lipinski definition) is 4. The summed E-state index contributed by atoms with van der Waals surface area (Å²) >= 11 is 0. The second kappa shape index (κ2) is 4.47. The SMILES string of the molecule is NC1NC(=O)c2ncn(COCCO)c2N1. The number of rotatable bonds is 4. The van der Waals surface area contributed by atoms with E-state index in [1.165, 1.54) is 6.33 Å². The Bertz CT molecular complexity index is 391. The first kappa shape index (κ1) is 10.9. The van der Waals surface area contributed by atoms with E-state index < -0.39 is 6.29 Å². The summed E-state index contributed by atoms with van der Waals surface area (Å²) in [5, 5.41) is 13.9. The van der Waals surface area contributed by atoms with E-state index >= 15 is 0 Å². The van der Waals surface area contributed by atoms with Crippen LogP contribution >= 0.6 is 0 Å². The van der Waals surface area contributed by atoms with Crippen molar-refractivity contribution in [3.8, 4) is 0 Å². The molecule has 0 saturated carbocycles. The highest BCUT2D eigenvalue weighted by Gasteiger charge is 2.25. The molecule has 0 aliphatic carbocycles. The maximum atomic E-state index is 11.5. The van der Waals surface area contributed by atoms with Crippen LogP contribution in [0.15, 0.2) is 6.33 Å². The molecule has 1 unspecified atom stereocenters. The molecule has 1 amide bonds. The van der Waals surface area contributed by atoms with Crippen LogP contribution in [0.5, 0.6) is 0 Å². The monoisotopic (exact) mass is 227 g/mol. The number of nitrogens with zero attached hydrogens (tertiary/aromatic N) is 2. The van der Waals surface area contributed by atoms with Crippen molar-refractivity contribution in [1.82, 2.24) is 14.9 Å². The molecule has 0 radical (unpaired) electrons. The van der Waals surface area contributed by atoms with Crippen LogP contribution in [0.2, 0.25) is 0 Å². The first-order chi connectivity index (χ1) is 7.72. The molecule has 0 spiro atoms. The number of anilines is 1. The normalized spacial score (nSPS) is 18.9. The van der Waals surface area contributed by atoms with Gasteiger partial charge in [0.25, 0.3) is 5.91 Å². The summed E-state index contributed by atoms with van der Waals surface area (Å²) in [6.45, 7) is 0.380. The maximum absolute atomic E-state index is 11.5. The van der Waals surface area contributed by atoms with E-state index in [1.54, 1.807) is 4.57 Å². The Morgan fingerprint density at radius 2 is 2.44 bits per heavy atom. The summed E-state index contributed by atoms with van der Waals surface area (Å²) in [7, 11) is 0. The number of nitrogens with one attached hydrogen (secondary N) is 2. The number of ether oxygens (including phenoxy) is 1. The van der Waals surface area contributed by atoms with E-state index in [1.807, 2.05) is 0 Å². The first-order valence-electron chi connectivity index (χ1n) is 4.79. The molecule has 0 bridgehead atoms. The molecule has 1 aliphatic heterocycles. The molecule has 1 aliphatic rings. The second-order valence-corrected chi connectivity index (χ2v) is 3.27. The van der Waals surface area contributed by atoms with Crippen LogP contribution in [0.25, 0.3) is 0 Å². The van der Waals surface area contributed by atoms with Crippen molar-refractivity contribution in [3.05, 3.63) is 12.0 Å². The molecule has 0 fully saturated rings. The summed E-state index contributed by atoms with van der Waals surface area (Å²) in [6, 6.07) is 0. The summed E-state index contributed by atoms with van der Waals surface area (Å²) in [5.74, 6) is 0.205. The van der Waals surface area contributed by atoms with Gasteiger partial charge < -0.3 is 20.5 Å². The average Bonchev–Trinajstić information content (AvgIpc) is 2.62. The lowest BCUT2D eigenvalue weighted by Gasteiger charge is -2.22. The van der Waals surface area contributed by atoms with E-state index in [4.69, 9.17) is 15.6 Å². The quantitative estimate of drug-likeness (QED) is 0.453. The highest BCUT2D eigenvalue weighted by atomic mass is 16.5. The highest BCUT2D eigenvalue weighted by Crippen LogP contribution is 2.17. The van der Waals surface area contributed by atoms with Crippen LogP contribution < -0.4 is 16.4 Å². The van der Waals surface area contributed by atoms with E-state index in [2.05, 4.69) is 15.6 Å².